The van der Waals surface area contributed by atoms with Crippen LogP contribution in [0.5, 0.6) is 0 Å². The van der Waals surface area contributed by atoms with Gasteiger partial charge >= 0.3 is 11.9 Å². The fourth-order valence-electron chi connectivity index (χ4n) is 3.27. The van der Waals surface area contributed by atoms with Crippen molar-refractivity contribution in [3.8, 4) is 0 Å². The quantitative estimate of drug-likeness (QED) is 0.424. The van der Waals surface area contributed by atoms with Gasteiger partial charge in [-0.3, -0.25) is 10.1 Å². The number of nitro benzene ring substituents is 1. The monoisotopic (exact) mass is 420 g/mol. The van der Waals surface area contributed by atoms with Crippen LogP contribution in [0.25, 0.3) is 10.1 Å². The molecule has 2 heterocycles. The van der Waals surface area contributed by atoms with Gasteiger partial charge in [0.1, 0.15) is 0 Å². The molecule has 1 fully saturated rings. The third-order valence-electron chi connectivity index (χ3n) is 4.78. The van der Waals surface area contributed by atoms with E-state index in [4.69, 9.17) is 10.2 Å². The second kappa shape index (κ2) is 10.1. The second-order valence-electron chi connectivity index (χ2n) is 7.01. The summed E-state index contributed by atoms with van der Waals surface area (Å²) in [5, 5.41) is 27.5. The van der Waals surface area contributed by atoms with Crippen LogP contribution < -0.4 is 0 Å². The Morgan fingerprint density at radius 2 is 1.79 bits per heavy atom. The Bertz CT molecular complexity index is 897. The van der Waals surface area contributed by atoms with E-state index in [1.165, 1.54) is 4.88 Å². The topological polar surface area (TPSA) is 121 Å². The maximum atomic E-state index is 11.1. The van der Waals surface area contributed by atoms with E-state index in [0.29, 0.717) is 24.1 Å². The minimum Gasteiger partial charge on any atom is -0.478 e. The number of aliphatic carboxylic acids is 2. The highest BCUT2D eigenvalue weighted by Crippen LogP contribution is 2.39. The van der Waals surface area contributed by atoms with E-state index >= 15 is 0 Å². The Morgan fingerprint density at radius 1 is 1.21 bits per heavy atom. The number of benzene rings is 1. The van der Waals surface area contributed by atoms with Crippen molar-refractivity contribution in [1.29, 1.82) is 0 Å². The van der Waals surface area contributed by atoms with Gasteiger partial charge in [-0.25, -0.2) is 9.59 Å². The maximum absolute atomic E-state index is 11.1. The summed E-state index contributed by atoms with van der Waals surface area (Å²) >= 11 is 1.72. The van der Waals surface area contributed by atoms with Gasteiger partial charge in [0.25, 0.3) is 5.69 Å². The zero-order valence-corrected chi connectivity index (χ0v) is 17.1. The smallest absolute Gasteiger partial charge is 0.328 e. The van der Waals surface area contributed by atoms with Crippen molar-refractivity contribution < 1.29 is 24.7 Å². The molecule has 0 amide bonds. The SMILES string of the molecule is CC(C)N1CCC(c2cc3c([N+](=O)[O-])cccc3s2)CC1.O=C(O)C=CC(=O)O. The molecule has 1 aromatic heterocycles. The van der Waals surface area contributed by atoms with Gasteiger partial charge < -0.3 is 15.1 Å². The molecular weight excluding hydrogens is 396 g/mol. The number of nitrogens with zero attached hydrogens (tertiary/aromatic N) is 2. The number of hydrogen-bond acceptors (Lipinski definition) is 6. The van der Waals surface area contributed by atoms with Crippen LogP contribution in [0.1, 0.15) is 37.5 Å². The van der Waals surface area contributed by atoms with Crippen LogP contribution in [-0.4, -0.2) is 51.1 Å². The normalized spacial score (nSPS) is 15.4. The molecule has 1 aromatic carbocycles. The fraction of sp³-hybridized carbons (Fsp3) is 0.400. The third kappa shape index (κ3) is 6.37. The average molecular weight is 420 g/mol. The summed E-state index contributed by atoms with van der Waals surface area (Å²) in [6.45, 7) is 6.73. The first kappa shape index (κ1) is 22.5. The minimum atomic E-state index is -1.26. The Hall–Kier alpha value is -2.78. The molecule has 0 unspecified atom stereocenters. The predicted molar refractivity (Wildman–Crippen MR) is 112 cm³/mol. The first-order chi connectivity index (χ1) is 13.7. The fourth-order valence-corrected chi connectivity index (χ4v) is 4.52. The van der Waals surface area contributed by atoms with Crippen molar-refractivity contribution in [3.05, 3.63) is 51.4 Å². The predicted octanol–water partition coefficient (Wildman–Crippen LogP) is 4.11. The number of fused-ring (bicyclic) bond motifs is 1. The van der Waals surface area contributed by atoms with Gasteiger partial charge in [-0.2, -0.15) is 0 Å². The van der Waals surface area contributed by atoms with Gasteiger partial charge in [0.05, 0.1) is 10.3 Å². The van der Waals surface area contributed by atoms with E-state index < -0.39 is 11.9 Å². The van der Waals surface area contributed by atoms with Crippen LogP contribution in [0.15, 0.2) is 36.4 Å². The first-order valence-corrected chi connectivity index (χ1v) is 10.1. The van der Waals surface area contributed by atoms with E-state index in [1.54, 1.807) is 23.5 Å². The minimum absolute atomic E-state index is 0.231. The number of carboxylic acids is 2. The lowest BCUT2D eigenvalue weighted by Crippen LogP contribution is -2.37. The van der Waals surface area contributed by atoms with Gasteiger partial charge in [0, 0.05) is 33.8 Å². The van der Waals surface area contributed by atoms with E-state index in [2.05, 4.69) is 18.7 Å². The van der Waals surface area contributed by atoms with E-state index in [1.807, 2.05) is 12.1 Å². The number of likely N-dealkylation sites (tertiary alicyclic amines) is 1. The average Bonchev–Trinajstić information content (AvgIpc) is 3.11. The standard InChI is InChI=1S/C16H20N2O2S.C4H4O4/c1-11(2)17-8-6-12(7-9-17)16-10-13-14(18(19)20)4-3-5-15(13)21-16;5-3(6)1-2-4(7)8/h3-5,10-12H,6-9H2,1-2H3;1-2H,(H,5,6)(H,7,8). The Labute approximate surface area is 172 Å². The first-order valence-electron chi connectivity index (χ1n) is 9.24. The van der Waals surface area contributed by atoms with Crippen molar-refractivity contribution in [2.24, 2.45) is 0 Å². The highest BCUT2D eigenvalue weighted by Gasteiger charge is 2.24. The molecule has 0 bridgehead atoms. The molecule has 156 valence electrons. The van der Waals surface area contributed by atoms with Crippen LogP contribution in [0.3, 0.4) is 0 Å². The van der Waals surface area contributed by atoms with Crippen LogP contribution in [0.2, 0.25) is 0 Å². The number of hydrogen-bond donors (Lipinski definition) is 2. The van der Waals surface area contributed by atoms with E-state index in [-0.39, 0.29) is 10.6 Å². The lowest BCUT2D eigenvalue weighted by molar-refractivity contribution is -0.383. The van der Waals surface area contributed by atoms with Gasteiger partial charge in [-0.1, -0.05) is 6.07 Å². The molecule has 3 rings (SSSR count). The number of nitro groups is 1. The second-order valence-corrected chi connectivity index (χ2v) is 8.12. The Balaban J connectivity index is 0.000000321. The van der Waals surface area contributed by atoms with Gasteiger partial charge in [-0.05, 0) is 57.8 Å². The molecule has 0 aliphatic carbocycles. The Morgan fingerprint density at radius 3 is 2.28 bits per heavy atom. The van der Waals surface area contributed by atoms with Crippen molar-refractivity contribution in [2.75, 3.05) is 13.1 Å². The molecule has 0 radical (unpaired) electrons. The summed E-state index contributed by atoms with van der Waals surface area (Å²) < 4.78 is 1.03. The molecule has 9 heteroatoms. The molecule has 1 aliphatic heterocycles. The molecule has 0 saturated carbocycles. The molecule has 1 saturated heterocycles. The van der Waals surface area contributed by atoms with Crippen molar-refractivity contribution in [3.63, 3.8) is 0 Å². The van der Waals surface area contributed by atoms with Crippen molar-refractivity contribution >= 4 is 39.0 Å². The van der Waals surface area contributed by atoms with Crippen LogP contribution in [0, 0.1) is 10.1 Å². The van der Waals surface area contributed by atoms with E-state index in [0.717, 1.165) is 36.0 Å². The molecule has 2 N–H and O–H groups in total. The molecule has 2 aromatic rings. The van der Waals surface area contributed by atoms with Crippen molar-refractivity contribution in [1.82, 2.24) is 4.90 Å². The maximum Gasteiger partial charge on any atom is 0.328 e. The summed E-state index contributed by atoms with van der Waals surface area (Å²) in [5.74, 6) is -1.96. The Kier molecular flexibility index (Phi) is 7.86. The van der Waals surface area contributed by atoms with Crippen molar-refractivity contribution in [2.45, 2.75) is 38.6 Å². The number of carbonyl (C=O) groups is 2. The lowest BCUT2D eigenvalue weighted by atomic mass is 9.94. The number of rotatable bonds is 5. The summed E-state index contributed by atoms with van der Waals surface area (Å²) in [5.41, 5.74) is 0.231. The van der Waals surface area contributed by atoms with Gasteiger partial charge in [-0.15, -0.1) is 11.3 Å². The highest BCUT2D eigenvalue weighted by molar-refractivity contribution is 7.19. The number of piperidine rings is 1. The highest BCUT2D eigenvalue weighted by atomic mass is 32.1. The van der Waals surface area contributed by atoms with Crippen LogP contribution >= 0.6 is 11.3 Å². The number of thiophene rings is 1. The van der Waals surface area contributed by atoms with Crippen LogP contribution in [0.4, 0.5) is 5.69 Å². The molecule has 1 aliphatic rings. The van der Waals surface area contributed by atoms with Gasteiger partial charge in [0.15, 0.2) is 0 Å². The summed E-state index contributed by atoms with van der Waals surface area (Å²) in [4.78, 5) is 33.8. The molecule has 29 heavy (non-hydrogen) atoms. The molecular formula is C20H24N2O6S. The van der Waals surface area contributed by atoms with Crippen LogP contribution in [-0.2, 0) is 9.59 Å². The zero-order valence-electron chi connectivity index (χ0n) is 16.3. The molecule has 0 atom stereocenters. The summed E-state index contributed by atoms with van der Waals surface area (Å²) in [7, 11) is 0. The zero-order chi connectivity index (χ0) is 21.6. The molecule has 0 spiro atoms. The molecule has 8 nitrogen and oxygen atoms in total. The van der Waals surface area contributed by atoms with Gasteiger partial charge in [0.2, 0.25) is 0 Å². The lowest BCUT2D eigenvalue weighted by Gasteiger charge is -2.34. The largest absolute Gasteiger partial charge is 0.478 e. The summed E-state index contributed by atoms with van der Waals surface area (Å²) in [6.07, 6.45) is 3.42. The summed E-state index contributed by atoms with van der Waals surface area (Å²) in [6, 6.07) is 8.02. The number of carboxylic acid groups (broad SMARTS) is 2. The third-order valence-corrected chi connectivity index (χ3v) is 6.05. The number of non-ortho nitro benzene ring substituents is 1. The van der Waals surface area contributed by atoms with E-state index in [9.17, 15) is 19.7 Å².